The van der Waals surface area contributed by atoms with Crippen molar-refractivity contribution >= 4 is 17.8 Å². The molecule has 0 unspecified atom stereocenters. The first kappa shape index (κ1) is 21.9. The predicted octanol–water partition coefficient (Wildman–Crippen LogP) is 2.16. The number of amides is 2. The summed E-state index contributed by atoms with van der Waals surface area (Å²) in [6.45, 7) is 1.46. The Balaban J connectivity index is 1.73. The topological polar surface area (TPSA) is 93.7 Å². The van der Waals surface area contributed by atoms with E-state index >= 15 is 0 Å². The second-order valence-corrected chi connectivity index (χ2v) is 6.48. The molecule has 0 saturated carbocycles. The summed E-state index contributed by atoms with van der Waals surface area (Å²) in [4.78, 5) is 35.4. The Hall–Kier alpha value is -3.35. The molecule has 2 amide bonds. The van der Waals surface area contributed by atoms with Gasteiger partial charge in [-0.3, -0.25) is 14.4 Å². The minimum absolute atomic E-state index is 0.0529. The Labute approximate surface area is 170 Å². The summed E-state index contributed by atoms with van der Waals surface area (Å²) in [6, 6.07) is 16.2. The fraction of sp³-hybridized carbons (Fsp3) is 0.318. The van der Waals surface area contributed by atoms with Crippen LogP contribution in [0.4, 0.5) is 0 Å². The molecule has 0 aliphatic carbocycles. The standard InChI is InChI=1S/C22H26N2O5/c1-16(25)24-20(18-6-4-3-5-7-18)14-22(27)29-15-21(26)23-13-12-17-8-10-19(28-2)11-9-17/h3-11,20H,12-15H2,1-2H3,(H,23,26)(H,24,25)/t20-/m0/s1. The van der Waals surface area contributed by atoms with Crippen LogP contribution in [0, 0.1) is 0 Å². The molecule has 0 radical (unpaired) electrons. The number of ether oxygens (including phenoxy) is 2. The number of carbonyl (C=O) groups is 3. The molecule has 2 aromatic carbocycles. The van der Waals surface area contributed by atoms with Crippen molar-refractivity contribution in [1.82, 2.24) is 10.6 Å². The summed E-state index contributed by atoms with van der Waals surface area (Å²) in [5, 5.41) is 5.44. The van der Waals surface area contributed by atoms with Gasteiger partial charge in [-0.05, 0) is 29.7 Å². The smallest absolute Gasteiger partial charge is 0.308 e. The van der Waals surface area contributed by atoms with E-state index in [2.05, 4.69) is 10.6 Å². The lowest BCUT2D eigenvalue weighted by atomic mass is 10.0. The van der Waals surface area contributed by atoms with E-state index in [-0.39, 0.29) is 24.8 Å². The molecule has 0 heterocycles. The van der Waals surface area contributed by atoms with E-state index in [1.165, 1.54) is 6.92 Å². The SMILES string of the molecule is COc1ccc(CCNC(=O)COC(=O)C[C@H](NC(C)=O)c2ccccc2)cc1. The van der Waals surface area contributed by atoms with Crippen molar-refractivity contribution in [2.75, 3.05) is 20.3 Å². The van der Waals surface area contributed by atoms with Crippen molar-refractivity contribution in [3.8, 4) is 5.75 Å². The van der Waals surface area contributed by atoms with Gasteiger partial charge >= 0.3 is 5.97 Å². The van der Waals surface area contributed by atoms with Gasteiger partial charge in [0.2, 0.25) is 5.91 Å². The summed E-state index contributed by atoms with van der Waals surface area (Å²) in [5.74, 6) is -0.402. The van der Waals surface area contributed by atoms with E-state index in [4.69, 9.17) is 9.47 Å². The molecule has 0 aliphatic rings. The largest absolute Gasteiger partial charge is 0.497 e. The lowest BCUT2D eigenvalue weighted by Gasteiger charge is -2.17. The van der Waals surface area contributed by atoms with Gasteiger partial charge in [0, 0.05) is 13.5 Å². The molecule has 0 aromatic heterocycles. The van der Waals surface area contributed by atoms with Crippen LogP contribution in [0.15, 0.2) is 54.6 Å². The van der Waals surface area contributed by atoms with Gasteiger partial charge in [0.15, 0.2) is 6.61 Å². The van der Waals surface area contributed by atoms with Gasteiger partial charge in [0.1, 0.15) is 5.75 Å². The number of rotatable bonds is 10. The number of methoxy groups -OCH3 is 1. The zero-order chi connectivity index (χ0) is 21.1. The fourth-order valence-electron chi connectivity index (χ4n) is 2.74. The molecule has 2 N–H and O–H groups in total. The Bertz CT molecular complexity index is 806. The van der Waals surface area contributed by atoms with Crippen LogP contribution in [-0.2, 0) is 25.5 Å². The van der Waals surface area contributed by atoms with E-state index in [0.717, 1.165) is 16.9 Å². The van der Waals surface area contributed by atoms with Crippen LogP contribution < -0.4 is 15.4 Å². The Morgan fingerprint density at radius 1 is 1.00 bits per heavy atom. The highest BCUT2D eigenvalue weighted by molar-refractivity contribution is 5.81. The highest BCUT2D eigenvalue weighted by atomic mass is 16.5. The van der Waals surface area contributed by atoms with Crippen LogP contribution in [0.25, 0.3) is 0 Å². The van der Waals surface area contributed by atoms with Crippen molar-refractivity contribution in [1.29, 1.82) is 0 Å². The third-order valence-corrected chi connectivity index (χ3v) is 4.21. The zero-order valence-electron chi connectivity index (χ0n) is 16.6. The van der Waals surface area contributed by atoms with Crippen LogP contribution in [0.3, 0.4) is 0 Å². The van der Waals surface area contributed by atoms with Crippen LogP contribution in [0.1, 0.15) is 30.5 Å². The van der Waals surface area contributed by atoms with Crippen molar-refractivity contribution < 1.29 is 23.9 Å². The molecular formula is C22H26N2O5. The van der Waals surface area contributed by atoms with Gasteiger partial charge < -0.3 is 20.1 Å². The van der Waals surface area contributed by atoms with Crippen LogP contribution in [0.5, 0.6) is 5.75 Å². The summed E-state index contributed by atoms with van der Waals surface area (Å²) < 4.78 is 10.2. The number of esters is 1. The second-order valence-electron chi connectivity index (χ2n) is 6.48. The molecule has 1 atom stereocenters. The third kappa shape index (κ3) is 8.04. The lowest BCUT2D eigenvalue weighted by molar-refractivity contribution is -0.149. The molecule has 2 aromatic rings. The van der Waals surface area contributed by atoms with Crippen molar-refractivity contribution in [3.63, 3.8) is 0 Å². The van der Waals surface area contributed by atoms with E-state index in [9.17, 15) is 14.4 Å². The monoisotopic (exact) mass is 398 g/mol. The number of carbonyl (C=O) groups excluding carboxylic acids is 3. The fourth-order valence-corrected chi connectivity index (χ4v) is 2.74. The van der Waals surface area contributed by atoms with Gasteiger partial charge in [-0.15, -0.1) is 0 Å². The average molecular weight is 398 g/mol. The predicted molar refractivity (Wildman–Crippen MR) is 108 cm³/mol. The minimum atomic E-state index is -0.557. The molecule has 0 fully saturated rings. The Morgan fingerprint density at radius 2 is 1.69 bits per heavy atom. The van der Waals surface area contributed by atoms with Crippen LogP contribution >= 0.6 is 0 Å². The van der Waals surface area contributed by atoms with E-state index in [1.54, 1.807) is 7.11 Å². The van der Waals surface area contributed by atoms with E-state index in [1.807, 2.05) is 54.6 Å². The lowest BCUT2D eigenvalue weighted by Crippen LogP contribution is -2.32. The summed E-state index contributed by atoms with van der Waals surface area (Å²) in [6.07, 6.45) is 0.602. The zero-order valence-corrected chi connectivity index (χ0v) is 16.6. The minimum Gasteiger partial charge on any atom is -0.497 e. The second kappa shape index (κ2) is 11.5. The first-order valence-corrected chi connectivity index (χ1v) is 9.35. The van der Waals surface area contributed by atoms with Gasteiger partial charge in [0.25, 0.3) is 5.91 Å². The summed E-state index contributed by atoms with van der Waals surface area (Å²) in [7, 11) is 1.61. The normalized spacial score (nSPS) is 11.2. The number of hydrogen-bond donors (Lipinski definition) is 2. The molecule has 0 spiro atoms. The quantitative estimate of drug-likeness (QED) is 0.598. The highest BCUT2D eigenvalue weighted by Crippen LogP contribution is 2.17. The molecule has 7 heteroatoms. The summed E-state index contributed by atoms with van der Waals surface area (Å²) in [5.41, 5.74) is 1.85. The maximum absolute atomic E-state index is 12.1. The molecule has 0 aliphatic heterocycles. The maximum Gasteiger partial charge on any atom is 0.308 e. The van der Waals surface area contributed by atoms with Gasteiger partial charge in [-0.25, -0.2) is 0 Å². The van der Waals surface area contributed by atoms with Crippen LogP contribution in [-0.4, -0.2) is 38.0 Å². The third-order valence-electron chi connectivity index (χ3n) is 4.21. The van der Waals surface area contributed by atoms with E-state index in [0.29, 0.717) is 13.0 Å². The number of benzene rings is 2. The van der Waals surface area contributed by atoms with Gasteiger partial charge in [0.05, 0.1) is 19.6 Å². The van der Waals surface area contributed by atoms with E-state index < -0.39 is 12.0 Å². The van der Waals surface area contributed by atoms with Gasteiger partial charge in [-0.1, -0.05) is 42.5 Å². The average Bonchev–Trinajstić information content (AvgIpc) is 2.72. The molecule has 154 valence electrons. The number of hydrogen-bond acceptors (Lipinski definition) is 5. The molecule has 2 rings (SSSR count). The first-order valence-electron chi connectivity index (χ1n) is 9.35. The Kier molecular flexibility index (Phi) is 8.69. The highest BCUT2D eigenvalue weighted by Gasteiger charge is 2.18. The molecule has 29 heavy (non-hydrogen) atoms. The van der Waals surface area contributed by atoms with Crippen molar-refractivity contribution in [2.45, 2.75) is 25.8 Å². The maximum atomic E-state index is 12.1. The number of nitrogens with one attached hydrogen (secondary N) is 2. The molecule has 7 nitrogen and oxygen atoms in total. The first-order chi connectivity index (χ1) is 14.0. The van der Waals surface area contributed by atoms with Gasteiger partial charge in [-0.2, -0.15) is 0 Å². The van der Waals surface area contributed by atoms with Crippen molar-refractivity contribution in [2.24, 2.45) is 0 Å². The molecule has 0 bridgehead atoms. The molecular weight excluding hydrogens is 372 g/mol. The molecule has 0 saturated heterocycles. The Morgan fingerprint density at radius 3 is 2.31 bits per heavy atom. The van der Waals surface area contributed by atoms with Crippen molar-refractivity contribution in [3.05, 3.63) is 65.7 Å². The summed E-state index contributed by atoms with van der Waals surface area (Å²) >= 11 is 0. The van der Waals surface area contributed by atoms with Crippen LogP contribution in [0.2, 0.25) is 0 Å².